The highest BCUT2D eigenvalue weighted by Gasteiger charge is 2.23. The van der Waals surface area contributed by atoms with Crippen LogP contribution in [0.5, 0.6) is 11.5 Å². The Morgan fingerprint density at radius 2 is 1.61 bits per heavy atom. The van der Waals surface area contributed by atoms with E-state index in [2.05, 4.69) is 20.4 Å². The maximum absolute atomic E-state index is 12.4. The summed E-state index contributed by atoms with van der Waals surface area (Å²) in [4.78, 5) is 12.4. The molecular weight excluding hydrogens is 384 g/mol. The molecule has 160 valence electrons. The molecule has 0 spiro atoms. The Bertz CT molecular complexity index is 589. The largest absolute Gasteiger partial charge is 0.466 e. The number of esters is 1. The van der Waals surface area contributed by atoms with Crippen molar-refractivity contribution < 1.29 is 28.5 Å². The fraction of sp³-hybridized carbons (Fsp3) is 0.571. The van der Waals surface area contributed by atoms with Crippen LogP contribution in [0.15, 0.2) is 18.7 Å². The number of halogens is 1. The van der Waals surface area contributed by atoms with Crippen molar-refractivity contribution in [3.05, 3.63) is 34.9 Å². The zero-order valence-electron chi connectivity index (χ0n) is 17.6. The van der Waals surface area contributed by atoms with E-state index in [9.17, 15) is 4.79 Å². The van der Waals surface area contributed by atoms with Gasteiger partial charge in [-0.2, -0.15) is 0 Å². The van der Waals surface area contributed by atoms with Crippen molar-refractivity contribution in [2.45, 2.75) is 47.5 Å². The molecule has 28 heavy (non-hydrogen) atoms. The Balaban J connectivity index is 0.00000227. The van der Waals surface area contributed by atoms with Crippen molar-refractivity contribution in [3.8, 4) is 11.5 Å². The fourth-order valence-electron chi connectivity index (χ4n) is 1.89. The minimum atomic E-state index is -0.524. The molecule has 0 radical (unpaired) electrons. The van der Waals surface area contributed by atoms with Crippen LogP contribution in [0.1, 0.15) is 56.5 Å². The first-order valence-electron chi connectivity index (χ1n) is 9.50. The summed E-state index contributed by atoms with van der Waals surface area (Å²) in [7, 11) is 0. The van der Waals surface area contributed by atoms with Gasteiger partial charge < -0.3 is 23.7 Å². The van der Waals surface area contributed by atoms with E-state index >= 15 is 0 Å². The predicted octanol–water partition coefficient (Wildman–Crippen LogP) is 5.54. The molecule has 0 fully saturated rings. The van der Waals surface area contributed by atoms with Gasteiger partial charge >= 0.3 is 5.97 Å². The van der Waals surface area contributed by atoms with Crippen molar-refractivity contribution in [2.75, 3.05) is 33.4 Å². The van der Waals surface area contributed by atoms with Crippen LogP contribution in [-0.2, 0) is 14.2 Å². The summed E-state index contributed by atoms with van der Waals surface area (Å²) in [5.41, 5.74) is 0.753. The zero-order chi connectivity index (χ0) is 21.4. The lowest BCUT2D eigenvalue weighted by molar-refractivity contribution is 0.0171. The van der Waals surface area contributed by atoms with E-state index in [-0.39, 0.29) is 31.5 Å². The summed E-state index contributed by atoms with van der Waals surface area (Å²) >= 11 is 6.32. The standard InChI is InChI=1S/C18H25ClO6.C3H8/c1-5-8-9-23-18(20)16-13(4)17(19)15(25-12-22-7-3)10-14(16)24-11-21-6-2;1-3-2/h5,10H,1,6-9,11-12H2,2-4H3;3H2,1-2H3. The number of ether oxygens (including phenoxy) is 5. The average Bonchev–Trinajstić information content (AvgIpc) is 2.66. The summed E-state index contributed by atoms with van der Waals surface area (Å²) in [6, 6.07) is 1.54. The molecular formula is C21H33ClO6. The number of benzene rings is 1. The molecule has 1 aromatic rings. The van der Waals surface area contributed by atoms with Gasteiger partial charge in [0.25, 0.3) is 0 Å². The van der Waals surface area contributed by atoms with E-state index in [1.54, 1.807) is 13.0 Å². The highest BCUT2D eigenvalue weighted by atomic mass is 35.5. The summed E-state index contributed by atoms with van der Waals surface area (Å²) in [5.74, 6) is 0.122. The van der Waals surface area contributed by atoms with E-state index in [0.29, 0.717) is 36.0 Å². The number of carbonyl (C=O) groups excluding carboxylic acids is 1. The molecule has 0 atom stereocenters. The topological polar surface area (TPSA) is 63.2 Å². The lowest BCUT2D eigenvalue weighted by Crippen LogP contribution is -2.13. The highest BCUT2D eigenvalue weighted by Crippen LogP contribution is 2.37. The zero-order valence-corrected chi connectivity index (χ0v) is 18.4. The van der Waals surface area contributed by atoms with Crippen LogP contribution >= 0.6 is 11.6 Å². The van der Waals surface area contributed by atoms with Gasteiger partial charge in [-0.25, -0.2) is 4.79 Å². The van der Waals surface area contributed by atoms with E-state index < -0.39 is 5.97 Å². The molecule has 0 saturated carbocycles. The number of hydrogen-bond acceptors (Lipinski definition) is 6. The normalized spacial score (nSPS) is 9.93. The summed E-state index contributed by atoms with van der Waals surface area (Å²) in [5, 5.41) is 0.305. The summed E-state index contributed by atoms with van der Waals surface area (Å²) < 4.78 is 26.7. The van der Waals surface area contributed by atoms with Crippen molar-refractivity contribution >= 4 is 17.6 Å². The van der Waals surface area contributed by atoms with E-state index in [1.165, 1.54) is 12.5 Å². The van der Waals surface area contributed by atoms with Crippen molar-refractivity contribution in [3.63, 3.8) is 0 Å². The first kappa shape index (κ1) is 26.2. The van der Waals surface area contributed by atoms with Gasteiger partial charge in [0.1, 0.15) is 17.1 Å². The molecule has 0 saturated heterocycles. The second-order valence-electron chi connectivity index (χ2n) is 5.62. The van der Waals surface area contributed by atoms with Crippen molar-refractivity contribution in [1.29, 1.82) is 0 Å². The second kappa shape index (κ2) is 16.2. The van der Waals surface area contributed by atoms with Gasteiger partial charge in [-0.15, -0.1) is 6.58 Å². The number of rotatable bonds is 12. The Hall–Kier alpha value is -1.76. The van der Waals surface area contributed by atoms with Crippen LogP contribution in [0.3, 0.4) is 0 Å². The summed E-state index contributed by atoms with van der Waals surface area (Å²) in [6.07, 6.45) is 3.48. The van der Waals surface area contributed by atoms with Gasteiger partial charge in [0.05, 0.1) is 11.6 Å². The van der Waals surface area contributed by atoms with Crippen LogP contribution < -0.4 is 9.47 Å². The van der Waals surface area contributed by atoms with Gasteiger partial charge in [-0.3, -0.25) is 0 Å². The van der Waals surface area contributed by atoms with Crippen LogP contribution in [0.2, 0.25) is 5.02 Å². The molecule has 0 heterocycles. The monoisotopic (exact) mass is 416 g/mol. The Kier molecular flexibility index (Phi) is 15.2. The molecule has 0 unspecified atom stereocenters. The maximum Gasteiger partial charge on any atom is 0.342 e. The first-order chi connectivity index (χ1) is 13.5. The third kappa shape index (κ3) is 9.44. The van der Waals surface area contributed by atoms with Gasteiger partial charge in [0.15, 0.2) is 13.6 Å². The minimum Gasteiger partial charge on any atom is -0.466 e. The van der Waals surface area contributed by atoms with Gasteiger partial charge in [-0.1, -0.05) is 37.9 Å². The van der Waals surface area contributed by atoms with Gasteiger partial charge in [0, 0.05) is 19.3 Å². The fourth-order valence-corrected chi connectivity index (χ4v) is 2.09. The first-order valence-corrected chi connectivity index (χ1v) is 9.88. The van der Waals surface area contributed by atoms with Gasteiger partial charge in [-0.05, 0) is 32.8 Å². The Labute approximate surface area is 173 Å². The Morgan fingerprint density at radius 1 is 1.07 bits per heavy atom. The molecule has 1 aromatic carbocycles. The molecule has 0 N–H and O–H groups in total. The Morgan fingerprint density at radius 3 is 2.11 bits per heavy atom. The molecule has 0 aliphatic carbocycles. The van der Waals surface area contributed by atoms with Crippen LogP contribution in [0.25, 0.3) is 0 Å². The van der Waals surface area contributed by atoms with Crippen LogP contribution in [-0.4, -0.2) is 39.4 Å². The smallest absolute Gasteiger partial charge is 0.342 e. The maximum atomic E-state index is 12.4. The van der Waals surface area contributed by atoms with Gasteiger partial charge in [0.2, 0.25) is 0 Å². The van der Waals surface area contributed by atoms with E-state index in [4.69, 9.17) is 35.3 Å². The lowest BCUT2D eigenvalue weighted by Gasteiger charge is -2.17. The van der Waals surface area contributed by atoms with Crippen LogP contribution in [0.4, 0.5) is 0 Å². The molecule has 0 aliphatic heterocycles. The molecule has 6 nitrogen and oxygen atoms in total. The molecule has 0 aliphatic rings. The highest BCUT2D eigenvalue weighted by molar-refractivity contribution is 6.33. The lowest BCUT2D eigenvalue weighted by atomic mass is 10.1. The van der Waals surface area contributed by atoms with Crippen LogP contribution in [0, 0.1) is 6.92 Å². The third-order valence-corrected chi connectivity index (χ3v) is 3.66. The molecule has 0 amide bonds. The average molecular weight is 417 g/mol. The third-order valence-electron chi connectivity index (χ3n) is 3.19. The van der Waals surface area contributed by atoms with Crippen molar-refractivity contribution in [2.24, 2.45) is 0 Å². The van der Waals surface area contributed by atoms with E-state index in [1.807, 2.05) is 13.8 Å². The SMILES string of the molecule is C=CCCOC(=O)c1c(OCOCC)cc(OCOCC)c(Cl)c1C.CCC. The predicted molar refractivity (Wildman–Crippen MR) is 111 cm³/mol. The molecule has 0 aromatic heterocycles. The summed E-state index contributed by atoms with van der Waals surface area (Å²) in [6.45, 7) is 14.5. The molecule has 7 heteroatoms. The second-order valence-corrected chi connectivity index (χ2v) is 6.00. The molecule has 1 rings (SSSR count). The van der Waals surface area contributed by atoms with Crippen molar-refractivity contribution in [1.82, 2.24) is 0 Å². The number of carbonyl (C=O) groups is 1. The molecule has 0 bridgehead atoms. The quantitative estimate of drug-likeness (QED) is 0.193. The van der Waals surface area contributed by atoms with E-state index in [0.717, 1.165) is 0 Å². The minimum absolute atomic E-state index is 0.00455. The number of hydrogen-bond donors (Lipinski definition) is 0.